The van der Waals surface area contributed by atoms with Crippen LogP contribution < -0.4 is 10.6 Å². The maximum atomic E-state index is 14.2. The van der Waals surface area contributed by atoms with Crippen LogP contribution in [0.1, 0.15) is 72.6 Å². The van der Waals surface area contributed by atoms with Crippen molar-refractivity contribution in [1.82, 2.24) is 10.2 Å². The Labute approximate surface area is 225 Å². The van der Waals surface area contributed by atoms with Crippen molar-refractivity contribution < 1.29 is 19.1 Å². The Kier molecular flexibility index (Phi) is 9.78. The Morgan fingerprint density at radius 2 is 1.51 bits per heavy atom. The number of halogens is 1. The summed E-state index contributed by atoms with van der Waals surface area (Å²) in [5, 5.41) is 6.08. The van der Waals surface area contributed by atoms with E-state index in [2.05, 4.69) is 10.6 Å². The van der Waals surface area contributed by atoms with E-state index in [1.807, 2.05) is 71.9 Å². The molecule has 0 aliphatic rings. The molecule has 0 fully saturated rings. The van der Waals surface area contributed by atoms with Crippen molar-refractivity contribution in [2.75, 3.05) is 5.32 Å². The number of hydrogen-bond donors (Lipinski definition) is 2. The van der Waals surface area contributed by atoms with Crippen LogP contribution in [0.15, 0.2) is 48.5 Å². The van der Waals surface area contributed by atoms with Crippen LogP contribution in [0.2, 0.25) is 5.02 Å². The van der Waals surface area contributed by atoms with Crippen LogP contribution in [0.3, 0.4) is 0 Å². The lowest BCUT2D eigenvalue weighted by Crippen LogP contribution is -2.59. The van der Waals surface area contributed by atoms with Gasteiger partial charge in [0.15, 0.2) is 0 Å². The van der Waals surface area contributed by atoms with E-state index in [4.69, 9.17) is 16.3 Å². The topological polar surface area (TPSA) is 87.7 Å². The van der Waals surface area contributed by atoms with E-state index in [1.54, 1.807) is 39.0 Å². The quantitative estimate of drug-likeness (QED) is 0.428. The SMILES string of the molecule is Cc1cccc(Cl)c1NC(=O)C(c1ccccc1)N(C(=O)C(NC(=O)OC(C)(C)C)C(C)C)C(C)(C)C. The first-order valence-electron chi connectivity index (χ1n) is 12.5. The average molecular weight is 530 g/mol. The van der Waals surface area contributed by atoms with Crippen LogP contribution in [-0.4, -0.2) is 40.0 Å². The third-order valence-corrected chi connectivity index (χ3v) is 5.97. The van der Waals surface area contributed by atoms with Crippen molar-refractivity contribution in [3.8, 4) is 0 Å². The molecule has 2 N–H and O–H groups in total. The lowest BCUT2D eigenvalue weighted by Gasteiger charge is -2.43. The molecule has 2 unspecified atom stereocenters. The van der Waals surface area contributed by atoms with Gasteiger partial charge in [0.2, 0.25) is 5.91 Å². The van der Waals surface area contributed by atoms with Gasteiger partial charge < -0.3 is 20.3 Å². The van der Waals surface area contributed by atoms with Crippen LogP contribution in [0.5, 0.6) is 0 Å². The molecule has 2 atom stereocenters. The monoisotopic (exact) mass is 529 g/mol. The number of rotatable bonds is 7. The number of carbonyl (C=O) groups excluding carboxylic acids is 3. The molecule has 0 aliphatic heterocycles. The van der Waals surface area contributed by atoms with Gasteiger partial charge in [0, 0.05) is 5.54 Å². The van der Waals surface area contributed by atoms with Gasteiger partial charge in [0.1, 0.15) is 17.7 Å². The minimum atomic E-state index is -0.994. The second-order valence-electron chi connectivity index (χ2n) is 11.5. The molecule has 0 aliphatic carbocycles. The summed E-state index contributed by atoms with van der Waals surface area (Å²) < 4.78 is 5.42. The molecular weight excluding hydrogens is 490 g/mol. The zero-order chi connectivity index (χ0) is 28.1. The van der Waals surface area contributed by atoms with Gasteiger partial charge in [-0.2, -0.15) is 0 Å². The Balaban J connectivity index is 2.58. The predicted molar refractivity (Wildman–Crippen MR) is 149 cm³/mol. The molecule has 8 heteroatoms. The van der Waals surface area contributed by atoms with Gasteiger partial charge >= 0.3 is 6.09 Å². The molecule has 0 aromatic heterocycles. The molecule has 0 saturated heterocycles. The minimum absolute atomic E-state index is 0.268. The maximum absolute atomic E-state index is 14.2. The lowest BCUT2D eigenvalue weighted by molar-refractivity contribution is -0.147. The Hall–Kier alpha value is -3.06. The smallest absolute Gasteiger partial charge is 0.408 e. The van der Waals surface area contributed by atoms with Gasteiger partial charge in [-0.3, -0.25) is 9.59 Å². The summed E-state index contributed by atoms with van der Waals surface area (Å²) >= 11 is 6.40. The second-order valence-corrected chi connectivity index (χ2v) is 11.9. The largest absolute Gasteiger partial charge is 0.444 e. The molecule has 0 saturated carbocycles. The van der Waals surface area contributed by atoms with E-state index in [0.717, 1.165) is 5.56 Å². The summed E-state index contributed by atoms with van der Waals surface area (Å²) in [4.78, 5) is 42.3. The number of aryl methyl sites for hydroxylation is 1. The molecule has 2 aromatic rings. The van der Waals surface area contributed by atoms with Crippen LogP contribution in [0.4, 0.5) is 10.5 Å². The summed E-state index contributed by atoms with van der Waals surface area (Å²) in [5.74, 6) is -1.08. The lowest BCUT2D eigenvalue weighted by atomic mass is 9.93. The summed E-state index contributed by atoms with van der Waals surface area (Å²) in [6.07, 6.45) is -0.694. The zero-order valence-corrected chi connectivity index (χ0v) is 24.1. The van der Waals surface area contributed by atoms with Gasteiger partial charge in [0.25, 0.3) is 5.91 Å². The number of anilines is 1. The van der Waals surface area contributed by atoms with Gasteiger partial charge in [-0.05, 0) is 71.6 Å². The highest BCUT2D eigenvalue weighted by Crippen LogP contribution is 2.33. The van der Waals surface area contributed by atoms with Crippen molar-refractivity contribution in [1.29, 1.82) is 0 Å². The Morgan fingerprint density at radius 3 is 2.00 bits per heavy atom. The minimum Gasteiger partial charge on any atom is -0.444 e. The standard InChI is InChI=1S/C29H40ClN3O4/c1-18(2)22(32-27(36)37-29(7,8)9)26(35)33(28(4,5)6)24(20-15-11-10-12-16-20)25(34)31-23-19(3)14-13-17-21(23)30/h10-18,22,24H,1-9H3,(H,31,34)(H,32,36). The molecule has 2 aromatic carbocycles. The van der Waals surface area contributed by atoms with E-state index >= 15 is 0 Å². The average Bonchev–Trinajstić information content (AvgIpc) is 2.76. The molecule has 2 rings (SSSR count). The second kappa shape index (κ2) is 12.0. The van der Waals surface area contributed by atoms with Crippen molar-refractivity contribution in [2.45, 2.75) is 85.5 Å². The fourth-order valence-electron chi connectivity index (χ4n) is 3.98. The first-order chi connectivity index (χ1) is 17.0. The fraction of sp³-hybridized carbons (Fsp3) is 0.483. The number of alkyl carbamates (subject to hydrolysis) is 1. The van der Waals surface area contributed by atoms with Crippen molar-refractivity contribution in [2.24, 2.45) is 5.92 Å². The summed E-state index contributed by atoms with van der Waals surface area (Å²) in [6.45, 7) is 16.4. The van der Waals surface area contributed by atoms with Gasteiger partial charge in [-0.1, -0.05) is 67.9 Å². The molecular formula is C29H40ClN3O4. The summed E-state index contributed by atoms with van der Waals surface area (Å²) in [7, 11) is 0. The maximum Gasteiger partial charge on any atom is 0.408 e. The van der Waals surface area contributed by atoms with Crippen molar-refractivity contribution in [3.63, 3.8) is 0 Å². The molecule has 7 nitrogen and oxygen atoms in total. The molecule has 0 bridgehead atoms. The van der Waals surface area contributed by atoms with Gasteiger partial charge in [-0.25, -0.2) is 4.79 Å². The van der Waals surface area contributed by atoms with E-state index in [0.29, 0.717) is 16.3 Å². The number of carbonyl (C=O) groups is 3. The predicted octanol–water partition coefficient (Wildman–Crippen LogP) is 6.50. The van der Waals surface area contributed by atoms with E-state index < -0.39 is 41.1 Å². The summed E-state index contributed by atoms with van der Waals surface area (Å²) in [5.41, 5.74) is 0.412. The molecule has 0 radical (unpaired) electrons. The number of nitrogens with one attached hydrogen (secondary N) is 2. The molecule has 202 valence electrons. The van der Waals surface area contributed by atoms with Crippen LogP contribution >= 0.6 is 11.6 Å². The molecule has 37 heavy (non-hydrogen) atoms. The zero-order valence-electron chi connectivity index (χ0n) is 23.3. The molecule has 3 amide bonds. The van der Waals surface area contributed by atoms with Gasteiger partial charge in [-0.15, -0.1) is 0 Å². The van der Waals surface area contributed by atoms with E-state index in [9.17, 15) is 14.4 Å². The molecule has 0 heterocycles. The fourth-order valence-corrected chi connectivity index (χ4v) is 4.25. The number of ether oxygens (including phenoxy) is 1. The molecule has 0 spiro atoms. The third kappa shape index (κ3) is 8.22. The first kappa shape index (κ1) is 30.2. The number of nitrogens with zero attached hydrogens (tertiary/aromatic N) is 1. The van der Waals surface area contributed by atoms with E-state index in [-0.39, 0.29) is 5.92 Å². The Morgan fingerprint density at radius 1 is 0.919 bits per heavy atom. The highest BCUT2D eigenvalue weighted by Gasteiger charge is 2.42. The van der Waals surface area contributed by atoms with E-state index in [1.165, 1.54) is 4.90 Å². The number of para-hydroxylation sites is 1. The van der Waals surface area contributed by atoms with Crippen molar-refractivity contribution in [3.05, 3.63) is 64.7 Å². The number of hydrogen-bond acceptors (Lipinski definition) is 4. The van der Waals surface area contributed by atoms with Crippen LogP contribution in [0, 0.1) is 12.8 Å². The Bertz CT molecular complexity index is 1080. The highest BCUT2D eigenvalue weighted by atomic mass is 35.5. The highest BCUT2D eigenvalue weighted by molar-refractivity contribution is 6.34. The number of benzene rings is 2. The summed E-state index contributed by atoms with van der Waals surface area (Å²) in [6, 6.07) is 12.5. The van der Waals surface area contributed by atoms with Crippen LogP contribution in [-0.2, 0) is 14.3 Å². The third-order valence-electron chi connectivity index (χ3n) is 5.66. The van der Waals surface area contributed by atoms with Gasteiger partial charge in [0.05, 0.1) is 10.7 Å². The van der Waals surface area contributed by atoms with Crippen molar-refractivity contribution >= 4 is 35.2 Å². The first-order valence-corrected chi connectivity index (χ1v) is 12.8. The van der Waals surface area contributed by atoms with Crippen LogP contribution in [0.25, 0.3) is 0 Å². The number of amides is 3. The normalized spacial score (nSPS) is 13.5.